The van der Waals surface area contributed by atoms with Crippen LogP contribution in [-0.4, -0.2) is 24.5 Å². The summed E-state index contributed by atoms with van der Waals surface area (Å²) in [5.74, 6) is 1.70. The molecule has 2 nitrogen and oxygen atoms in total. The molecule has 2 aromatic carbocycles. The zero-order valence-corrected chi connectivity index (χ0v) is 15.8. The van der Waals surface area contributed by atoms with E-state index < -0.39 is 0 Å². The third-order valence-electron chi connectivity index (χ3n) is 4.30. The molecule has 1 aliphatic rings. The van der Waals surface area contributed by atoms with Gasteiger partial charge in [0.1, 0.15) is 5.75 Å². The minimum atomic E-state index is 0.817. The maximum Gasteiger partial charge on any atom is 0.133 e. The van der Waals surface area contributed by atoms with Gasteiger partial charge in [-0.15, -0.1) is 0 Å². The number of piperidine rings is 1. The summed E-state index contributed by atoms with van der Waals surface area (Å²) in [6.45, 7) is 2.32. The van der Waals surface area contributed by atoms with Crippen molar-refractivity contribution in [1.29, 1.82) is 0 Å². The van der Waals surface area contributed by atoms with Crippen molar-refractivity contribution in [2.45, 2.75) is 24.2 Å². The van der Waals surface area contributed by atoms with Gasteiger partial charge in [0.15, 0.2) is 0 Å². The lowest BCUT2D eigenvalue weighted by molar-refractivity contribution is 0.290. The van der Waals surface area contributed by atoms with Gasteiger partial charge in [0.25, 0.3) is 0 Å². The molecular weight excluding hydrogens is 370 g/mol. The van der Waals surface area contributed by atoms with Gasteiger partial charge in [-0.1, -0.05) is 30.3 Å². The predicted molar refractivity (Wildman–Crippen MR) is 101 cm³/mol. The number of halogens is 1. The summed E-state index contributed by atoms with van der Waals surface area (Å²) in [6, 6.07) is 17.2. The third-order valence-corrected chi connectivity index (χ3v) is 6.01. The van der Waals surface area contributed by atoms with Crippen molar-refractivity contribution in [2.24, 2.45) is 5.92 Å². The maximum absolute atomic E-state index is 5.29. The van der Waals surface area contributed by atoms with Crippen molar-refractivity contribution in [3.8, 4) is 5.75 Å². The first-order chi connectivity index (χ1) is 11.2. The molecule has 1 fully saturated rings. The van der Waals surface area contributed by atoms with Gasteiger partial charge in [-0.25, -0.2) is 4.31 Å². The second kappa shape index (κ2) is 8.22. The lowest BCUT2D eigenvalue weighted by Gasteiger charge is -2.31. The molecule has 3 rings (SSSR count). The highest BCUT2D eigenvalue weighted by molar-refractivity contribution is 9.10. The van der Waals surface area contributed by atoms with Crippen LogP contribution in [0.2, 0.25) is 0 Å². The largest absolute Gasteiger partial charge is 0.496 e. The molecule has 0 N–H and O–H groups in total. The van der Waals surface area contributed by atoms with Gasteiger partial charge in [0, 0.05) is 18.0 Å². The van der Waals surface area contributed by atoms with Crippen molar-refractivity contribution in [3.05, 3.63) is 58.6 Å². The number of hydrogen-bond donors (Lipinski definition) is 0. The Hall–Kier alpha value is -0.970. The number of methoxy groups -OCH3 is 1. The Labute approximate surface area is 151 Å². The van der Waals surface area contributed by atoms with Crippen LogP contribution in [0.1, 0.15) is 18.4 Å². The molecule has 0 aromatic heterocycles. The third kappa shape index (κ3) is 4.75. The smallest absolute Gasteiger partial charge is 0.133 e. The van der Waals surface area contributed by atoms with Crippen molar-refractivity contribution >= 4 is 27.9 Å². The normalized spacial score (nSPS) is 16.4. The molecular formula is C19H22BrNOS. The van der Waals surface area contributed by atoms with E-state index in [1.807, 2.05) is 18.0 Å². The number of nitrogens with zero attached hydrogens (tertiary/aromatic N) is 1. The molecule has 0 radical (unpaired) electrons. The standard InChI is InChI=1S/C19H22BrNOS/c1-22-19-8-7-17(14-18(19)20)23-21-11-9-16(10-12-21)13-15-5-3-2-4-6-15/h2-8,14,16H,9-13H2,1H3. The van der Waals surface area contributed by atoms with Gasteiger partial charge in [-0.2, -0.15) is 0 Å². The molecule has 1 saturated heterocycles. The molecule has 23 heavy (non-hydrogen) atoms. The van der Waals surface area contributed by atoms with Gasteiger partial charge >= 0.3 is 0 Å². The minimum absolute atomic E-state index is 0.817. The fraction of sp³-hybridized carbons (Fsp3) is 0.368. The SMILES string of the molecule is COc1ccc(SN2CCC(Cc3ccccc3)CC2)cc1Br. The van der Waals surface area contributed by atoms with Gasteiger partial charge < -0.3 is 4.74 Å². The lowest BCUT2D eigenvalue weighted by Crippen LogP contribution is -2.29. The van der Waals surface area contributed by atoms with E-state index in [0.29, 0.717) is 0 Å². The van der Waals surface area contributed by atoms with E-state index in [2.05, 4.69) is 62.7 Å². The Morgan fingerprint density at radius 2 is 1.87 bits per heavy atom. The number of hydrogen-bond acceptors (Lipinski definition) is 3. The summed E-state index contributed by atoms with van der Waals surface area (Å²) in [6.07, 6.45) is 3.77. The molecule has 1 aliphatic heterocycles. The predicted octanol–water partition coefficient (Wildman–Crippen LogP) is 5.42. The number of benzene rings is 2. The summed E-state index contributed by atoms with van der Waals surface area (Å²) in [5.41, 5.74) is 1.47. The van der Waals surface area contributed by atoms with Crippen molar-refractivity contribution in [2.75, 3.05) is 20.2 Å². The molecule has 1 heterocycles. The van der Waals surface area contributed by atoms with E-state index in [1.54, 1.807) is 7.11 Å². The van der Waals surface area contributed by atoms with Gasteiger partial charge in [0.05, 0.1) is 11.6 Å². The highest BCUT2D eigenvalue weighted by Gasteiger charge is 2.20. The zero-order valence-electron chi connectivity index (χ0n) is 13.4. The molecule has 0 aliphatic carbocycles. The van der Waals surface area contributed by atoms with Gasteiger partial charge in [-0.3, -0.25) is 0 Å². The molecule has 0 amide bonds. The van der Waals surface area contributed by atoms with Crippen LogP contribution in [0.3, 0.4) is 0 Å². The van der Waals surface area contributed by atoms with Crippen LogP contribution < -0.4 is 4.74 Å². The second-order valence-corrected chi connectivity index (χ2v) is 7.97. The molecule has 122 valence electrons. The quantitative estimate of drug-likeness (QED) is 0.631. The van der Waals surface area contributed by atoms with Crippen LogP contribution in [0.5, 0.6) is 5.75 Å². The van der Waals surface area contributed by atoms with Crippen molar-refractivity contribution in [3.63, 3.8) is 0 Å². The van der Waals surface area contributed by atoms with Gasteiger partial charge in [-0.05, 0) is 76.8 Å². The summed E-state index contributed by atoms with van der Waals surface area (Å²) in [4.78, 5) is 1.26. The van der Waals surface area contributed by atoms with Crippen molar-refractivity contribution < 1.29 is 4.74 Å². The zero-order chi connectivity index (χ0) is 16.1. The monoisotopic (exact) mass is 391 g/mol. The molecule has 0 spiro atoms. The first-order valence-corrected chi connectivity index (χ1v) is 9.61. The summed E-state index contributed by atoms with van der Waals surface area (Å²) < 4.78 is 8.79. The van der Waals surface area contributed by atoms with Crippen LogP contribution in [0.25, 0.3) is 0 Å². The minimum Gasteiger partial charge on any atom is -0.496 e. The molecule has 2 aromatic rings. The lowest BCUT2D eigenvalue weighted by atomic mass is 9.91. The van der Waals surface area contributed by atoms with Crippen LogP contribution in [0, 0.1) is 5.92 Å². The van der Waals surface area contributed by atoms with E-state index >= 15 is 0 Å². The van der Waals surface area contributed by atoms with E-state index in [4.69, 9.17) is 4.74 Å². The van der Waals surface area contributed by atoms with Crippen LogP contribution >= 0.6 is 27.9 Å². The first kappa shape index (κ1) is 16.9. The topological polar surface area (TPSA) is 12.5 Å². The summed E-state index contributed by atoms with van der Waals surface area (Å²) in [7, 11) is 1.70. The van der Waals surface area contributed by atoms with Crippen LogP contribution in [0.15, 0.2) is 57.9 Å². The Kier molecular flexibility index (Phi) is 6.03. The second-order valence-electron chi connectivity index (χ2n) is 5.95. The van der Waals surface area contributed by atoms with Crippen LogP contribution in [-0.2, 0) is 6.42 Å². The first-order valence-electron chi connectivity index (χ1n) is 8.05. The van der Waals surface area contributed by atoms with Crippen LogP contribution in [0.4, 0.5) is 0 Å². The highest BCUT2D eigenvalue weighted by Crippen LogP contribution is 2.34. The fourth-order valence-electron chi connectivity index (χ4n) is 3.01. The number of rotatable bonds is 5. The molecule has 0 atom stereocenters. The Morgan fingerprint density at radius 1 is 1.13 bits per heavy atom. The molecule has 0 bridgehead atoms. The van der Waals surface area contributed by atoms with E-state index in [0.717, 1.165) is 29.2 Å². The van der Waals surface area contributed by atoms with E-state index in [1.165, 1.54) is 29.7 Å². The maximum atomic E-state index is 5.29. The van der Waals surface area contributed by atoms with E-state index in [9.17, 15) is 0 Å². The van der Waals surface area contributed by atoms with E-state index in [-0.39, 0.29) is 0 Å². The average Bonchev–Trinajstić information content (AvgIpc) is 2.58. The Morgan fingerprint density at radius 3 is 2.52 bits per heavy atom. The van der Waals surface area contributed by atoms with Crippen molar-refractivity contribution in [1.82, 2.24) is 4.31 Å². The molecule has 0 saturated carbocycles. The fourth-order valence-corrected chi connectivity index (χ4v) is 4.69. The van der Waals surface area contributed by atoms with Gasteiger partial charge in [0.2, 0.25) is 0 Å². The molecule has 0 unspecified atom stereocenters. The highest BCUT2D eigenvalue weighted by atomic mass is 79.9. The molecule has 4 heteroatoms. The Balaban J connectivity index is 1.50. The summed E-state index contributed by atoms with van der Waals surface area (Å²) >= 11 is 5.42. The average molecular weight is 392 g/mol. The Bertz CT molecular complexity index is 627. The summed E-state index contributed by atoms with van der Waals surface area (Å²) in [5, 5.41) is 0. The number of ether oxygens (including phenoxy) is 1.